The molecule has 0 aromatic carbocycles. The Morgan fingerprint density at radius 3 is 2.08 bits per heavy atom. The Balaban J connectivity index is 1.99. The molecule has 0 spiro atoms. The number of hydrogen-bond donors (Lipinski definition) is 1. The molecule has 2 unspecified atom stereocenters. The van der Waals surface area contributed by atoms with Crippen molar-refractivity contribution in [1.29, 1.82) is 0 Å². The first-order chi connectivity index (χ1) is 6.00. The average molecular weight is 179 g/mol. The summed E-state index contributed by atoms with van der Waals surface area (Å²) in [6, 6.07) is 0. The van der Waals surface area contributed by atoms with Crippen LogP contribution in [0.5, 0.6) is 0 Å². The van der Waals surface area contributed by atoms with E-state index in [-0.39, 0.29) is 5.54 Å². The van der Waals surface area contributed by atoms with E-state index < -0.39 is 0 Å². The molecule has 2 N–H and O–H groups in total. The maximum atomic E-state index is 6.47. The van der Waals surface area contributed by atoms with Gasteiger partial charge in [-0.2, -0.15) is 0 Å². The molecule has 4 aliphatic carbocycles. The summed E-state index contributed by atoms with van der Waals surface area (Å²) < 4.78 is 0. The quantitative estimate of drug-likeness (QED) is 0.607. The lowest BCUT2D eigenvalue weighted by atomic mass is 9.45. The maximum absolute atomic E-state index is 6.47. The van der Waals surface area contributed by atoms with Crippen LogP contribution in [0.25, 0.3) is 0 Å². The third-order valence-corrected chi connectivity index (χ3v) is 5.11. The van der Waals surface area contributed by atoms with Crippen molar-refractivity contribution in [3.8, 4) is 0 Å². The van der Waals surface area contributed by atoms with Crippen molar-refractivity contribution in [1.82, 2.24) is 0 Å². The van der Waals surface area contributed by atoms with Gasteiger partial charge in [0, 0.05) is 5.54 Å². The number of hydrogen-bond acceptors (Lipinski definition) is 1. The predicted octanol–water partition coefficient (Wildman–Crippen LogP) is 2.55. The van der Waals surface area contributed by atoms with Gasteiger partial charge in [-0.25, -0.2) is 0 Å². The normalized spacial score (nSPS) is 64.4. The predicted molar refractivity (Wildman–Crippen MR) is 54.3 cm³/mol. The van der Waals surface area contributed by atoms with Gasteiger partial charge in [0.15, 0.2) is 0 Å². The minimum absolute atomic E-state index is 0.243. The Kier molecular flexibility index (Phi) is 1.36. The van der Waals surface area contributed by atoms with Crippen LogP contribution < -0.4 is 5.73 Å². The van der Waals surface area contributed by atoms with Crippen LogP contribution in [0.2, 0.25) is 0 Å². The molecule has 0 aromatic heterocycles. The summed E-state index contributed by atoms with van der Waals surface area (Å²) in [5, 5.41) is 0. The Morgan fingerprint density at radius 2 is 1.62 bits per heavy atom. The highest BCUT2D eigenvalue weighted by Crippen LogP contribution is 2.62. The van der Waals surface area contributed by atoms with Gasteiger partial charge >= 0.3 is 0 Å². The van der Waals surface area contributed by atoms with E-state index in [0.717, 1.165) is 17.8 Å². The van der Waals surface area contributed by atoms with Gasteiger partial charge in [-0.05, 0) is 55.3 Å². The van der Waals surface area contributed by atoms with E-state index in [2.05, 4.69) is 13.8 Å². The fourth-order valence-corrected chi connectivity index (χ4v) is 4.89. The fourth-order valence-electron chi connectivity index (χ4n) is 4.89. The van der Waals surface area contributed by atoms with Crippen LogP contribution in [0.15, 0.2) is 0 Å². The minimum atomic E-state index is 0.243. The van der Waals surface area contributed by atoms with E-state index in [4.69, 9.17) is 5.73 Å². The summed E-state index contributed by atoms with van der Waals surface area (Å²) in [6.45, 7) is 4.93. The molecule has 1 heteroatoms. The van der Waals surface area contributed by atoms with Gasteiger partial charge < -0.3 is 5.73 Å². The van der Waals surface area contributed by atoms with Crippen LogP contribution in [0.4, 0.5) is 0 Å². The summed E-state index contributed by atoms with van der Waals surface area (Å²) in [7, 11) is 0. The van der Waals surface area contributed by atoms with E-state index in [0.29, 0.717) is 5.41 Å². The van der Waals surface area contributed by atoms with E-state index in [1.54, 1.807) is 0 Å². The lowest BCUT2D eigenvalue weighted by molar-refractivity contribution is -0.0924. The lowest BCUT2D eigenvalue weighted by Gasteiger charge is -2.62. The van der Waals surface area contributed by atoms with Crippen LogP contribution in [0.3, 0.4) is 0 Å². The number of rotatable bonds is 0. The second-order valence-electron chi connectivity index (χ2n) is 6.55. The van der Waals surface area contributed by atoms with Gasteiger partial charge in [-0.1, -0.05) is 13.8 Å². The molecule has 4 aliphatic rings. The van der Waals surface area contributed by atoms with Crippen molar-refractivity contribution in [2.75, 3.05) is 0 Å². The van der Waals surface area contributed by atoms with Gasteiger partial charge in [0.2, 0.25) is 0 Å². The Labute approximate surface area is 81.1 Å². The van der Waals surface area contributed by atoms with Crippen LogP contribution in [-0.4, -0.2) is 5.54 Å². The molecule has 0 aromatic rings. The molecule has 0 amide bonds. The van der Waals surface area contributed by atoms with E-state index in [9.17, 15) is 0 Å². The molecule has 0 heterocycles. The highest BCUT2D eigenvalue weighted by Gasteiger charge is 2.56. The van der Waals surface area contributed by atoms with Crippen LogP contribution in [0, 0.1) is 23.2 Å². The molecule has 0 radical (unpaired) electrons. The van der Waals surface area contributed by atoms with Crippen molar-refractivity contribution in [2.24, 2.45) is 28.9 Å². The maximum Gasteiger partial charge on any atom is 0.0165 e. The standard InChI is InChI=1S/C12H21N/c1-8-9-3-11(2)4-10(8)6-12(13,5-9)7-11/h8-10H,3-7,13H2,1-2H3. The summed E-state index contributed by atoms with van der Waals surface area (Å²) >= 11 is 0. The van der Waals surface area contributed by atoms with Crippen molar-refractivity contribution in [3.63, 3.8) is 0 Å². The Bertz CT molecular complexity index is 210. The first-order valence-electron chi connectivity index (χ1n) is 5.79. The van der Waals surface area contributed by atoms with E-state index >= 15 is 0 Å². The van der Waals surface area contributed by atoms with Gasteiger partial charge in [0.25, 0.3) is 0 Å². The second kappa shape index (κ2) is 2.13. The fraction of sp³-hybridized carbons (Fsp3) is 1.00. The van der Waals surface area contributed by atoms with Crippen molar-refractivity contribution < 1.29 is 0 Å². The van der Waals surface area contributed by atoms with Gasteiger partial charge in [-0.15, -0.1) is 0 Å². The summed E-state index contributed by atoms with van der Waals surface area (Å²) in [5.74, 6) is 2.87. The van der Waals surface area contributed by atoms with Crippen molar-refractivity contribution in [2.45, 2.75) is 51.5 Å². The molecule has 2 atom stereocenters. The summed E-state index contributed by atoms with van der Waals surface area (Å²) in [5.41, 5.74) is 7.33. The average Bonchev–Trinajstić information content (AvgIpc) is 1.94. The first kappa shape index (κ1) is 8.28. The molecule has 74 valence electrons. The zero-order chi connectivity index (χ0) is 9.27. The van der Waals surface area contributed by atoms with Crippen LogP contribution in [0.1, 0.15) is 46.0 Å². The molecular weight excluding hydrogens is 158 g/mol. The zero-order valence-electron chi connectivity index (χ0n) is 8.84. The topological polar surface area (TPSA) is 26.0 Å². The molecule has 4 saturated carbocycles. The third kappa shape index (κ3) is 1.03. The largest absolute Gasteiger partial charge is 0.325 e. The highest BCUT2D eigenvalue weighted by atomic mass is 14.8. The molecule has 4 rings (SSSR count). The third-order valence-electron chi connectivity index (χ3n) is 5.11. The van der Waals surface area contributed by atoms with Gasteiger partial charge in [0.1, 0.15) is 0 Å². The van der Waals surface area contributed by atoms with Crippen LogP contribution >= 0.6 is 0 Å². The molecule has 1 nitrogen and oxygen atoms in total. The molecule has 4 fully saturated rings. The molecule has 0 saturated heterocycles. The lowest BCUT2D eigenvalue weighted by Crippen LogP contribution is -2.61. The monoisotopic (exact) mass is 179 g/mol. The highest BCUT2D eigenvalue weighted by molar-refractivity contribution is 5.10. The first-order valence-corrected chi connectivity index (χ1v) is 5.79. The second-order valence-corrected chi connectivity index (χ2v) is 6.55. The van der Waals surface area contributed by atoms with Crippen LogP contribution in [-0.2, 0) is 0 Å². The van der Waals surface area contributed by atoms with E-state index in [1.165, 1.54) is 32.1 Å². The van der Waals surface area contributed by atoms with E-state index in [1.807, 2.05) is 0 Å². The molecular formula is C12H21N. The number of nitrogens with two attached hydrogens (primary N) is 1. The van der Waals surface area contributed by atoms with Gasteiger partial charge in [-0.3, -0.25) is 0 Å². The zero-order valence-corrected chi connectivity index (χ0v) is 8.84. The van der Waals surface area contributed by atoms with Crippen molar-refractivity contribution >= 4 is 0 Å². The Morgan fingerprint density at radius 1 is 1.08 bits per heavy atom. The molecule has 0 aliphatic heterocycles. The SMILES string of the molecule is CC1C2CC3(C)CC1CC(N)(C2)C3. The molecule has 13 heavy (non-hydrogen) atoms. The smallest absolute Gasteiger partial charge is 0.0165 e. The molecule has 4 bridgehead atoms. The minimum Gasteiger partial charge on any atom is -0.325 e. The van der Waals surface area contributed by atoms with Crippen molar-refractivity contribution in [3.05, 3.63) is 0 Å². The summed E-state index contributed by atoms with van der Waals surface area (Å²) in [4.78, 5) is 0. The Hall–Kier alpha value is -0.0400. The van der Waals surface area contributed by atoms with Gasteiger partial charge in [0.05, 0.1) is 0 Å². The summed E-state index contributed by atoms with van der Waals surface area (Å²) in [6.07, 6.45) is 6.87.